The summed E-state index contributed by atoms with van der Waals surface area (Å²) in [6, 6.07) is 5.51. The summed E-state index contributed by atoms with van der Waals surface area (Å²) >= 11 is 0. The van der Waals surface area contributed by atoms with Crippen molar-refractivity contribution in [3.05, 3.63) is 30.2 Å². The zero-order valence-electron chi connectivity index (χ0n) is 14.0. The van der Waals surface area contributed by atoms with Crippen LogP contribution in [0.1, 0.15) is 33.0 Å². The van der Waals surface area contributed by atoms with Crippen molar-refractivity contribution in [3.8, 4) is 0 Å². The molecule has 0 aliphatic carbocycles. The molecule has 0 aromatic carbocycles. The molecule has 0 unspecified atom stereocenters. The smallest absolute Gasteiger partial charge is 0.317 e. The first-order valence-electron chi connectivity index (χ1n) is 7.83. The van der Waals surface area contributed by atoms with Crippen LogP contribution in [0.15, 0.2) is 24.4 Å². The Morgan fingerprint density at radius 3 is 2.83 bits per heavy atom. The van der Waals surface area contributed by atoms with Gasteiger partial charge in [-0.25, -0.2) is 4.79 Å². The van der Waals surface area contributed by atoms with Crippen LogP contribution in [0.4, 0.5) is 4.79 Å². The van der Waals surface area contributed by atoms with E-state index in [1.807, 2.05) is 28.8 Å². The Kier molecular flexibility index (Phi) is 5.54. The van der Waals surface area contributed by atoms with Crippen molar-refractivity contribution in [2.24, 2.45) is 5.41 Å². The molecule has 0 saturated heterocycles. The molecule has 7 nitrogen and oxygen atoms in total. The number of amides is 2. The van der Waals surface area contributed by atoms with Crippen LogP contribution in [0.2, 0.25) is 0 Å². The summed E-state index contributed by atoms with van der Waals surface area (Å²) in [5.41, 5.74) is 0.748. The normalized spacial score (nSPS) is 11.7. The second-order valence-corrected chi connectivity index (χ2v) is 6.76. The molecule has 0 fully saturated rings. The van der Waals surface area contributed by atoms with Crippen LogP contribution in [0.25, 0.3) is 5.65 Å². The molecule has 0 aliphatic rings. The average molecular weight is 319 g/mol. The lowest BCUT2D eigenvalue weighted by atomic mass is 9.96. The highest BCUT2D eigenvalue weighted by molar-refractivity contribution is 5.74. The molecule has 2 aromatic rings. The standard InChI is InChI=1S/C16H25N5O2/c1-16(2,3)12-20(8-6-10-22)15(23)17-11-14-19-18-13-7-4-5-9-21(13)14/h4-5,7,9,22H,6,8,10-12H2,1-3H3,(H,17,23). The maximum absolute atomic E-state index is 12.4. The van der Waals surface area contributed by atoms with Gasteiger partial charge in [0.05, 0.1) is 6.54 Å². The third-order valence-electron chi connectivity index (χ3n) is 3.32. The SMILES string of the molecule is CC(C)(C)CN(CCCO)C(=O)NCc1nnc2ccccn12. The van der Waals surface area contributed by atoms with Crippen LogP contribution < -0.4 is 5.32 Å². The van der Waals surface area contributed by atoms with Crippen molar-refractivity contribution in [2.45, 2.75) is 33.7 Å². The van der Waals surface area contributed by atoms with Crippen molar-refractivity contribution in [3.63, 3.8) is 0 Å². The van der Waals surface area contributed by atoms with E-state index < -0.39 is 0 Å². The van der Waals surface area contributed by atoms with Gasteiger partial charge in [0.25, 0.3) is 0 Å². The fourth-order valence-electron chi connectivity index (χ4n) is 2.36. The number of pyridine rings is 1. The molecule has 0 bridgehead atoms. The van der Waals surface area contributed by atoms with Crippen LogP contribution in [-0.2, 0) is 6.54 Å². The van der Waals surface area contributed by atoms with E-state index in [4.69, 9.17) is 5.11 Å². The largest absolute Gasteiger partial charge is 0.396 e. The van der Waals surface area contributed by atoms with E-state index >= 15 is 0 Å². The highest BCUT2D eigenvalue weighted by atomic mass is 16.3. The Bertz CT molecular complexity index is 647. The van der Waals surface area contributed by atoms with Gasteiger partial charge in [-0.1, -0.05) is 26.8 Å². The maximum Gasteiger partial charge on any atom is 0.317 e. The summed E-state index contributed by atoms with van der Waals surface area (Å²) in [4.78, 5) is 14.2. The van der Waals surface area contributed by atoms with Gasteiger partial charge in [0, 0.05) is 25.9 Å². The first-order valence-corrected chi connectivity index (χ1v) is 7.83. The Labute approximate surface area is 136 Å². The van der Waals surface area contributed by atoms with E-state index in [2.05, 4.69) is 36.3 Å². The highest BCUT2D eigenvalue weighted by Gasteiger charge is 2.20. The minimum absolute atomic E-state index is 0.00560. The number of urea groups is 1. The van der Waals surface area contributed by atoms with Gasteiger partial charge in [-0.15, -0.1) is 10.2 Å². The summed E-state index contributed by atoms with van der Waals surface area (Å²) < 4.78 is 1.85. The Balaban J connectivity index is 2.00. The quantitative estimate of drug-likeness (QED) is 0.848. The molecule has 2 rings (SSSR count). The number of rotatable bonds is 6. The summed E-state index contributed by atoms with van der Waals surface area (Å²) in [6.07, 6.45) is 2.44. The molecule has 2 aromatic heterocycles. The molecule has 23 heavy (non-hydrogen) atoms. The van der Waals surface area contributed by atoms with Gasteiger partial charge in [-0.2, -0.15) is 0 Å². The molecule has 0 atom stereocenters. The zero-order chi connectivity index (χ0) is 16.9. The zero-order valence-corrected chi connectivity index (χ0v) is 14.0. The van der Waals surface area contributed by atoms with Gasteiger partial charge in [0.15, 0.2) is 11.5 Å². The lowest BCUT2D eigenvalue weighted by Gasteiger charge is -2.30. The van der Waals surface area contributed by atoms with Gasteiger partial charge in [-0.05, 0) is 24.0 Å². The van der Waals surface area contributed by atoms with Crippen LogP contribution in [-0.4, -0.2) is 50.3 Å². The van der Waals surface area contributed by atoms with E-state index in [1.165, 1.54) is 0 Å². The van der Waals surface area contributed by atoms with Crippen molar-refractivity contribution in [2.75, 3.05) is 19.7 Å². The Morgan fingerprint density at radius 2 is 2.13 bits per heavy atom. The number of carbonyl (C=O) groups excluding carboxylic acids is 1. The topological polar surface area (TPSA) is 82.8 Å². The van der Waals surface area contributed by atoms with Crippen molar-refractivity contribution < 1.29 is 9.90 Å². The van der Waals surface area contributed by atoms with Crippen molar-refractivity contribution in [1.82, 2.24) is 24.8 Å². The molecule has 2 amide bonds. The van der Waals surface area contributed by atoms with E-state index in [0.717, 1.165) is 5.65 Å². The molecule has 2 N–H and O–H groups in total. The number of aromatic nitrogens is 3. The number of aliphatic hydroxyl groups is 1. The van der Waals surface area contributed by atoms with Gasteiger partial charge in [0.2, 0.25) is 0 Å². The van der Waals surface area contributed by atoms with E-state index in [-0.39, 0.29) is 18.1 Å². The average Bonchev–Trinajstić information content (AvgIpc) is 2.91. The van der Waals surface area contributed by atoms with Gasteiger partial charge in [0.1, 0.15) is 0 Å². The summed E-state index contributed by atoms with van der Waals surface area (Å²) in [6.45, 7) is 7.78. The number of hydrogen-bond acceptors (Lipinski definition) is 4. The third-order valence-corrected chi connectivity index (χ3v) is 3.32. The molecular weight excluding hydrogens is 294 g/mol. The molecule has 0 spiro atoms. The van der Waals surface area contributed by atoms with E-state index in [9.17, 15) is 4.79 Å². The van der Waals surface area contributed by atoms with E-state index in [1.54, 1.807) is 4.90 Å². The van der Waals surface area contributed by atoms with Gasteiger partial charge < -0.3 is 15.3 Å². The Morgan fingerprint density at radius 1 is 1.35 bits per heavy atom. The van der Waals surface area contributed by atoms with Crippen LogP contribution in [0.5, 0.6) is 0 Å². The molecule has 2 heterocycles. The minimum atomic E-state index is -0.152. The number of fused-ring (bicyclic) bond motifs is 1. The fourth-order valence-corrected chi connectivity index (χ4v) is 2.36. The van der Waals surface area contributed by atoms with Crippen molar-refractivity contribution >= 4 is 11.7 Å². The second-order valence-electron chi connectivity index (χ2n) is 6.76. The number of hydrogen-bond donors (Lipinski definition) is 2. The Hall–Kier alpha value is -2.15. The molecular formula is C16H25N5O2. The monoisotopic (exact) mass is 319 g/mol. The predicted molar refractivity (Wildman–Crippen MR) is 88.0 cm³/mol. The lowest BCUT2D eigenvalue weighted by molar-refractivity contribution is 0.164. The highest BCUT2D eigenvalue weighted by Crippen LogP contribution is 2.15. The first kappa shape index (κ1) is 17.2. The lowest BCUT2D eigenvalue weighted by Crippen LogP contribution is -2.44. The second kappa shape index (κ2) is 7.41. The molecule has 0 aliphatic heterocycles. The van der Waals surface area contributed by atoms with Crippen LogP contribution in [0, 0.1) is 5.41 Å². The molecule has 0 radical (unpaired) electrons. The molecule has 126 valence electrons. The fraction of sp³-hybridized carbons (Fsp3) is 0.562. The molecule has 0 saturated carbocycles. The van der Waals surface area contributed by atoms with Gasteiger partial charge in [-0.3, -0.25) is 4.40 Å². The summed E-state index contributed by atoms with van der Waals surface area (Å²) in [5.74, 6) is 0.687. The number of nitrogens with one attached hydrogen (secondary N) is 1. The summed E-state index contributed by atoms with van der Waals surface area (Å²) in [5, 5.41) is 20.1. The number of aliphatic hydroxyl groups excluding tert-OH is 1. The predicted octanol–water partition coefficient (Wildman–Crippen LogP) is 1.67. The number of nitrogens with zero attached hydrogens (tertiary/aromatic N) is 4. The number of carbonyl (C=O) groups is 1. The van der Waals surface area contributed by atoms with Crippen molar-refractivity contribution in [1.29, 1.82) is 0 Å². The third kappa shape index (κ3) is 4.92. The first-order chi connectivity index (χ1) is 10.9. The summed E-state index contributed by atoms with van der Waals surface area (Å²) in [7, 11) is 0. The van der Waals surface area contributed by atoms with Crippen LogP contribution >= 0.6 is 0 Å². The van der Waals surface area contributed by atoms with Gasteiger partial charge >= 0.3 is 6.03 Å². The maximum atomic E-state index is 12.4. The van der Waals surface area contributed by atoms with E-state index in [0.29, 0.717) is 31.9 Å². The molecule has 7 heteroatoms. The van der Waals surface area contributed by atoms with Crippen LogP contribution in [0.3, 0.4) is 0 Å². The minimum Gasteiger partial charge on any atom is -0.396 e.